The van der Waals surface area contributed by atoms with Gasteiger partial charge < -0.3 is 4.74 Å². The standard InChI is InChI=1S/C8H14O/c1-6-2-3-7-4-5-9-8(6)7/h6-8H,2-5H2,1H3/t6-,7+,8+/m1/s1. The molecule has 2 aliphatic rings. The molecule has 1 aliphatic carbocycles. The minimum Gasteiger partial charge on any atom is -0.378 e. The first-order valence-electron chi connectivity index (χ1n) is 3.99. The lowest BCUT2D eigenvalue weighted by molar-refractivity contribution is 0.0720. The maximum atomic E-state index is 5.59. The van der Waals surface area contributed by atoms with E-state index < -0.39 is 0 Å². The fourth-order valence-corrected chi connectivity index (χ4v) is 2.23. The van der Waals surface area contributed by atoms with Gasteiger partial charge in [-0.05, 0) is 31.1 Å². The SMILES string of the molecule is C[C@@H]1CC[C@H]2CCO[C@H]21. The number of fused-ring (bicyclic) bond motifs is 1. The van der Waals surface area contributed by atoms with Crippen LogP contribution in [0.4, 0.5) is 0 Å². The summed E-state index contributed by atoms with van der Waals surface area (Å²) in [6, 6.07) is 0. The van der Waals surface area contributed by atoms with Crippen LogP contribution in [0.5, 0.6) is 0 Å². The predicted octanol–water partition coefficient (Wildman–Crippen LogP) is 1.82. The van der Waals surface area contributed by atoms with Crippen LogP contribution >= 0.6 is 0 Å². The van der Waals surface area contributed by atoms with Gasteiger partial charge in [0.25, 0.3) is 0 Å². The summed E-state index contributed by atoms with van der Waals surface area (Å²) >= 11 is 0. The van der Waals surface area contributed by atoms with Gasteiger partial charge in [-0.2, -0.15) is 0 Å². The van der Waals surface area contributed by atoms with Gasteiger partial charge in [0.15, 0.2) is 0 Å². The van der Waals surface area contributed by atoms with E-state index >= 15 is 0 Å². The van der Waals surface area contributed by atoms with Crippen LogP contribution in [0, 0.1) is 11.8 Å². The van der Waals surface area contributed by atoms with Gasteiger partial charge in [-0.1, -0.05) is 6.92 Å². The second-order valence-electron chi connectivity index (χ2n) is 3.44. The predicted molar refractivity (Wildman–Crippen MR) is 36.2 cm³/mol. The van der Waals surface area contributed by atoms with Gasteiger partial charge in [0, 0.05) is 6.61 Å². The van der Waals surface area contributed by atoms with Crippen LogP contribution in [0.3, 0.4) is 0 Å². The summed E-state index contributed by atoms with van der Waals surface area (Å²) in [4.78, 5) is 0. The van der Waals surface area contributed by atoms with Crippen molar-refractivity contribution < 1.29 is 4.74 Å². The molecule has 0 unspecified atom stereocenters. The Morgan fingerprint density at radius 3 is 2.89 bits per heavy atom. The second-order valence-corrected chi connectivity index (χ2v) is 3.44. The van der Waals surface area contributed by atoms with Crippen LogP contribution in [0.1, 0.15) is 26.2 Å². The van der Waals surface area contributed by atoms with E-state index in [1.165, 1.54) is 19.3 Å². The topological polar surface area (TPSA) is 9.23 Å². The maximum absolute atomic E-state index is 5.59. The quantitative estimate of drug-likeness (QED) is 0.481. The van der Waals surface area contributed by atoms with Crippen molar-refractivity contribution >= 4 is 0 Å². The highest BCUT2D eigenvalue weighted by Crippen LogP contribution is 2.39. The van der Waals surface area contributed by atoms with E-state index in [1.807, 2.05) is 0 Å². The van der Waals surface area contributed by atoms with E-state index in [0.717, 1.165) is 18.4 Å². The Morgan fingerprint density at radius 2 is 2.11 bits per heavy atom. The van der Waals surface area contributed by atoms with Crippen molar-refractivity contribution in [2.45, 2.75) is 32.3 Å². The summed E-state index contributed by atoms with van der Waals surface area (Å²) in [6.45, 7) is 3.34. The normalized spacial score (nSPS) is 49.7. The zero-order chi connectivity index (χ0) is 6.27. The van der Waals surface area contributed by atoms with Crippen molar-refractivity contribution in [3.63, 3.8) is 0 Å². The molecule has 0 amide bonds. The molecule has 1 aliphatic heterocycles. The Hall–Kier alpha value is -0.0400. The zero-order valence-corrected chi connectivity index (χ0v) is 5.97. The lowest BCUT2D eigenvalue weighted by atomic mass is 10.0. The second kappa shape index (κ2) is 1.98. The van der Waals surface area contributed by atoms with Gasteiger partial charge in [-0.25, -0.2) is 0 Å². The highest BCUT2D eigenvalue weighted by atomic mass is 16.5. The summed E-state index contributed by atoms with van der Waals surface area (Å²) < 4.78 is 5.59. The molecule has 9 heavy (non-hydrogen) atoms. The Labute approximate surface area is 56.4 Å². The van der Waals surface area contributed by atoms with Gasteiger partial charge in [-0.15, -0.1) is 0 Å². The van der Waals surface area contributed by atoms with Crippen molar-refractivity contribution in [1.82, 2.24) is 0 Å². The molecule has 1 heterocycles. The van der Waals surface area contributed by atoms with E-state index in [1.54, 1.807) is 0 Å². The fourth-order valence-electron chi connectivity index (χ4n) is 2.23. The monoisotopic (exact) mass is 126 g/mol. The van der Waals surface area contributed by atoms with Crippen LogP contribution in [0.15, 0.2) is 0 Å². The summed E-state index contributed by atoms with van der Waals surface area (Å²) in [5.74, 6) is 1.78. The van der Waals surface area contributed by atoms with Gasteiger partial charge >= 0.3 is 0 Å². The van der Waals surface area contributed by atoms with Crippen LogP contribution in [0.25, 0.3) is 0 Å². The molecular formula is C8H14O. The van der Waals surface area contributed by atoms with Crippen LogP contribution in [-0.2, 0) is 4.74 Å². The first-order valence-corrected chi connectivity index (χ1v) is 3.99. The zero-order valence-electron chi connectivity index (χ0n) is 5.97. The molecule has 52 valence electrons. The molecule has 0 N–H and O–H groups in total. The van der Waals surface area contributed by atoms with Crippen molar-refractivity contribution in [2.75, 3.05) is 6.61 Å². The van der Waals surface area contributed by atoms with Crippen LogP contribution in [-0.4, -0.2) is 12.7 Å². The number of hydrogen-bond donors (Lipinski definition) is 0. The molecule has 2 rings (SSSR count). The Kier molecular flexibility index (Phi) is 1.26. The summed E-state index contributed by atoms with van der Waals surface area (Å²) in [6.07, 6.45) is 4.79. The van der Waals surface area contributed by atoms with Crippen LogP contribution < -0.4 is 0 Å². The molecule has 1 heteroatoms. The smallest absolute Gasteiger partial charge is 0.0629 e. The number of ether oxygens (including phenoxy) is 1. The van der Waals surface area contributed by atoms with Crippen LogP contribution in [0.2, 0.25) is 0 Å². The molecule has 0 radical (unpaired) electrons. The summed E-state index contributed by atoms with van der Waals surface area (Å²) in [5, 5.41) is 0. The van der Waals surface area contributed by atoms with Gasteiger partial charge in [0.05, 0.1) is 6.10 Å². The average molecular weight is 126 g/mol. The Morgan fingerprint density at radius 1 is 1.22 bits per heavy atom. The third kappa shape index (κ3) is 0.787. The molecule has 0 aromatic heterocycles. The number of hydrogen-bond acceptors (Lipinski definition) is 1. The van der Waals surface area contributed by atoms with E-state index in [9.17, 15) is 0 Å². The van der Waals surface area contributed by atoms with Crippen molar-refractivity contribution in [3.8, 4) is 0 Å². The Balaban J connectivity index is 2.07. The minimum atomic E-state index is 0.644. The first-order chi connectivity index (χ1) is 4.38. The average Bonchev–Trinajstić information content (AvgIpc) is 2.35. The molecule has 0 aromatic rings. The largest absolute Gasteiger partial charge is 0.378 e. The Bertz CT molecular complexity index is 111. The van der Waals surface area contributed by atoms with Gasteiger partial charge in [0.1, 0.15) is 0 Å². The van der Waals surface area contributed by atoms with E-state index in [4.69, 9.17) is 4.74 Å². The molecule has 1 nitrogen and oxygen atoms in total. The molecule has 1 saturated carbocycles. The number of rotatable bonds is 0. The molecule has 1 saturated heterocycles. The van der Waals surface area contributed by atoms with E-state index in [0.29, 0.717) is 6.10 Å². The highest BCUT2D eigenvalue weighted by Gasteiger charge is 2.37. The molecular weight excluding hydrogens is 112 g/mol. The van der Waals surface area contributed by atoms with Crippen molar-refractivity contribution in [1.29, 1.82) is 0 Å². The maximum Gasteiger partial charge on any atom is 0.0629 e. The van der Waals surface area contributed by atoms with Gasteiger partial charge in [0.2, 0.25) is 0 Å². The molecule has 3 atom stereocenters. The van der Waals surface area contributed by atoms with E-state index in [-0.39, 0.29) is 0 Å². The lowest BCUT2D eigenvalue weighted by Gasteiger charge is -2.11. The molecule has 0 bridgehead atoms. The highest BCUT2D eigenvalue weighted by molar-refractivity contribution is 4.86. The minimum absolute atomic E-state index is 0.644. The van der Waals surface area contributed by atoms with Crippen molar-refractivity contribution in [3.05, 3.63) is 0 Å². The molecule has 0 spiro atoms. The summed E-state index contributed by atoms with van der Waals surface area (Å²) in [7, 11) is 0. The lowest BCUT2D eigenvalue weighted by Crippen LogP contribution is -2.14. The summed E-state index contributed by atoms with van der Waals surface area (Å²) in [5.41, 5.74) is 0. The van der Waals surface area contributed by atoms with E-state index in [2.05, 4.69) is 6.92 Å². The first kappa shape index (κ1) is 5.72. The molecule has 2 fully saturated rings. The van der Waals surface area contributed by atoms with Gasteiger partial charge in [-0.3, -0.25) is 0 Å². The third-order valence-electron chi connectivity index (χ3n) is 2.82. The van der Waals surface area contributed by atoms with Crippen molar-refractivity contribution in [2.24, 2.45) is 11.8 Å². The third-order valence-corrected chi connectivity index (χ3v) is 2.82. The molecule has 0 aromatic carbocycles. The fraction of sp³-hybridized carbons (Fsp3) is 1.00.